The number of halogens is 1. The third-order valence-corrected chi connectivity index (χ3v) is 4.08. The van der Waals surface area contributed by atoms with Crippen LogP contribution in [-0.4, -0.2) is 53.3 Å². The minimum atomic E-state index is 0.545. The molecule has 0 N–H and O–H groups in total. The zero-order chi connectivity index (χ0) is 14.8. The van der Waals surface area contributed by atoms with E-state index >= 15 is 0 Å². The van der Waals surface area contributed by atoms with Crippen LogP contribution in [0.25, 0.3) is 11.3 Å². The molecule has 1 aliphatic heterocycles. The van der Waals surface area contributed by atoms with Gasteiger partial charge in [-0.15, -0.1) is 5.10 Å². The molecule has 0 radical (unpaired) electrons. The number of hydrogen-bond donors (Lipinski definition) is 0. The van der Waals surface area contributed by atoms with E-state index in [-0.39, 0.29) is 0 Å². The Bertz CT molecular complexity index is 631. The number of likely N-dealkylation sites (N-methyl/N-ethyl adjacent to an activating group) is 1. The maximum absolute atomic E-state index is 6.04. The topological polar surface area (TPSA) is 45.2 Å². The van der Waals surface area contributed by atoms with E-state index in [1.807, 2.05) is 24.3 Å². The first-order valence-electron chi connectivity index (χ1n) is 7.00. The molecule has 0 aliphatic carbocycles. The summed E-state index contributed by atoms with van der Waals surface area (Å²) < 4.78 is 0. The zero-order valence-corrected chi connectivity index (χ0v) is 13.0. The van der Waals surface area contributed by atoms with Gasteiger partial charge in [0.2, 0.25) is 5.95 Å². The van der Waals surface area contributed by atoms with Crippen LogP contribution in [0.2, 0.25) is 5.02 Å². The van der Waals surface area contributed by atoms with E-state index in [2.05, 4.69) is 39.1 Å². The summed E-state index contributed by atoms with van der Waals surface area (Å²) >= 11 is 6.04. The molecule has 3 rings (SSSR count). The van der Waals surface area contributed by atoms with Gasteiger partial charge in [-0.1, -0.05) is 23.7 Å². The zero-order valence-electron chi connectivity index (χ0n) is 12.2. The molecule has 0 amide bonds. The van der Waals surface area contributed by atoms with Gasteiger partial charge in [0.1, 0.15) is 0 Å². The maximum atomic E-state index is 6.04. The predicted molar refractivity (Wildman–Crippen MR) is 84.6 cm³/mol. The van der Waals surface area contributed by atoms with Crippen LogP contribution < -0.4 is 4.90 Å². The molecule has 5 nitrogen and oxygen atoms in total. The fourth-order valence-electron chi connectivity index (χ4n) is 2.56. The lowest BCUT2D eigenvalue weighted by Gasteiger charge is -2.20. The Morgan fingerprint density at radius 2 is 2.19 bits per heavy atom. The standard InChI is InChI=1S/C15H18ClN5/c1-20(2)13-6-7-21(10-13)15-18-14(9-17-19-15)11-4-3-5-12(16)8-11/h3-5,8-9,13H,6-7,10H2,1-2H3. The average molecular weight is 304 g/mol. The number of aromatic nitrogens is 3. The van der Waals surface area contributed by atoms with Crippen LogP contribution in [0.1, 0.15) is 6.42 Å². The van der Waals surface area contributed by atoms with E-state index < -0.39 is 0 Å². The van der Waals surface area contributed by atoms with Gasteiger partial charge < -0.3 is 9.80 Å². The molecule has 110 valence electrons. The molecule has 21 heavy (non-hydrogen) atoms. The first kappa shape index (κ1) is 14.2. The summed E-state index contributed by atoms with van der Waals surface area (Å²) in [6, 6.07) is 8.18. The van der Waals surface area contributed by atoms with Crippen LogP contribution in [-0.2, 0) is 0 Å². The highest BCUT2D eigenvalue weighted by molar-refractivity contribution is 6.30. The van der Waals surface area contributed by atoms with Gasteiger partial charge >= 0.3 is 0 Å². The van der Waals surface area contributed by atoms with Gasteiger partial charge in [0.05, 0.1) is 11.9 Å². The number of anilines is 1. The summed E-state index contributed by atoms with van der Waals surface area (Å²) in [5, 5.41) is 8.97. The Kier molecular flexibility index (Phi) is 4.03. The van der Waals surface area contributed by atoms with Gasteiger partial charge in [-0.3, -0.25) is 0 Å². The van der Waals surface area contributed by atoms with E-state index in [4.69, 9.17) is 11.6 Å². The van der Waals surface area contributed by atoms with E-state index in [9.17, 15) is 0 Å². The van der Waals surface area contributed by atoms with Crippen molar-refractivity contribution in [1.82, 2.24) is 20.1 Å². The van der Waals surface area contributed by atoms with Gasteiger partial charge in [-0.2, -0.15) is 5.10 Å². The van der Waals surface area contributed by atoms with Crippen LogP contribution >= 0.6 is 11.6 Å². The summed E-state index contributed by atoms with van der Waals surface area (Å²) in [6.45, 7) is 1.90. The van der Waals surface area contributed by atoms with E-state index in [1.165, 1.54) is 0 Å². The minimum Gasteiger partial charge on any atom is -0.338 e. The Balaban J connectivity index is 1.84. The van der Waals surface area contributed by atoms with Crippen molar-refractivity contribution in [2.24, 2.45) is 0 Å². The van der Waals surface area contributed by atoms with Crippen LogP contribution in [0.15, 0.2) is 30.5 Å². The second kappa shape index (κ2) is 5.95. The molecule has 2 aromatic rings. The largest absolute Gasteiger partial charge is 0.338 e. The fraction of sp³-hybridized carbons (Fsp3) is 0.400. The molecule has 2 heterocycles. The van der Waals surface area contributed by atoms with Crippen molar-refractivity contribution in [3.8, 4) is 11.3 Å². The lowest BCUT2D eigenvalue weighted by molar-refractivity contribution is 0.315. The second-order valence-corrected chi connectivity index (χ2v) is 5.94. The normalized spacial score (nSPS) is 18.5. The van der Waals surface area contributed by atoms with E-state index in [0.717, 1.165) is 30.8 Å². The van der Waals surface area contributed by atoms with Crippen LogP contribution in [0.3, 0.4) is 0 Å². The Hall–Kier alpha value is -1.72. The Morgan fingerprint density at radius 1 is 1.33 bits per heavy atom. The molecule has 1 atom stereocenters. The maximum Gasteiger partial charge on any atom is 0.245 e. The molecular formula is C15H18ClN5. The van der Waals surface area contributed by atoms with Gasteiger partial charge in [-0.05, 0) is 32.6 Å². The summed E-state index contributed by atoms with van der Waals surface area (Å²) in [5.74, 6) is 0.692. The van der Waals surface area contributed by atoms with E-state index in [0.29, 0.717) is 17.0 Å². The molecule has 1 saturated heterocycles. The fourth-order valence-corrected chi connectivity index (χ4v) is 2.75. The Labute approximate surface area is 129 Å². The SMILES string of the molecule is CN(C)C1CCN(c2nncc(-c3cccc(Cl)c3)n2)C1. The van der Waals surface area contributed by atoms with Crippen molar-refractivity contribution in [3.63, 3.8) is 0 Å². The summed E-state index contributed by atoms with van der Waals surface area (Å²) in [4.78, 5) is 9.07. The molecule has 0 saturated carbocycles. The highest BCUT2D eigenvalue weighted by Crippen LogP contribution is 2.23. The first-order valence-corrected chi connectivity index (χ1v) is 7.38. The lowest BCUT2D eigenvalue weighted by atomic mass is 10.2. The summed E-state index contributed by atoms with van der Waals surface area (Å²) in [6.07, 6.45) is 2.80. The monoisotopic (exact) mass is 303 g/mol. The third kappa shape index (κ3) is 3.14. The minimum absolute atomic E-state index is 0.545. The molecule has 1 aliphatic rings. The number of nitrogens with zero attached hydrogens (tertiary/aromatic N) is 5. The smallest absolute Gasteiger partial charge is 0.245 e. The quantitative estimate of drug-likeness (QED) is 0.871. The molecule has 1 aromatic carbocycles. The summed E-state index contributed by atoms with van der Waals surface area (Å²) in [5.41, 5.74) is 1.76. The van der Waals surface area contributed by atoms with Crippen molar-refractivity contribution in [3.05, 3.63) is 35.5 Å². The van der Waals surface area contributed by atoms with Gasteiger partial charge in [-0.25, -0.2) is 4.98 Å². The van der Waals surface area contributed by atoms with Crippen molar-refractivity contribution in [1.29, 1.82) is 0 Å². The molecular weight excluding hydrogens is 286 g/mol. The van der Waals surface area contributed by atoms with Crippen LogP contribution in [0.4, 0.5) is 5.95 Å². The molecule has 0 bridgehead atoms. The second-order valence-electron chi connectivity index (χ2n) is 5.50. The van der Waals surface area contributed by atoms with Crippen molar-refractivity contribution in [2.45, 2.75) is 12.5 Å². The number of hydrogen-bond acceptors (Lipinski definition) is 5. The lowest BCUT2D eigenvalue weighted by Crippen LogP contribution is -2.32. The third-order valence-electron chi connectivity index (χ3n) is 3.84. The van der Waals surface area contributed by atoms with Gasteiger partial charge in [0, 0.05) is 29.7 Å². The Morgan fingerprint density at radius 3 is 2.90 bits per heavy atom. The highest BCUT2D eigenvalue weighted by atomic mass is 35.5. The molecule has 1 unspecified atom stereocenters. The molecule has 1 aromatic heterocycles. The highest BCUT2D eigenvalue weighted by Gasteiger charge is 2.26. The van der Waals surface area contributed by atoms with Gasteiger partial charge in [0.15, 0.2) is 0 Å². The summed E-state index contributed by atoms with van der Waals surface area (Å²) in [7, 11) is 4.21. The van der Waals surface area contributed by atoms with Gasteiger partial charge in [0.25, 0.3) is 0 Å². The predicted octanol–water partition coefficient (Wildman–Crippen LogP) is 2.33. The molecule has 1 fully saturated rings. The van der Waals surface area contributed by atoms with Crippen LogP contribution in [0, 0.1) is 0 Å². The van der Waals surface area contributed by atoms with Crippen molar-refractivity contribution in [2.75, 3.05) is 32.1 Å². The van der Waals surface area contributed by atoms with Crippen LogP contribution in [0.5, 0.6) is 0 Å². The first-order chi connectivity index (χ1) is 10.1. The van der Waals surface area contributed by atoms with Crippen molar-refractivity contribution < 1.29 is 0 Å². The van der Waals surface area contributed by atoms with E-state index in [1.54, 1.807) is 6.20 Å². The number of benzene rings is 1. The average Bonchev–Trinajstić information content (AvgIpc) is 2.97. The molecule has 0 spiro atoms. The molecule has 6 heteroatoms. The van der Waals surface area contributed by atoms with Crippen molar-refractivity contribution >= 4 is 17.5 Å². The number of rotatable bonds is 3.